The zero-order chi connectivity index (χ0) is 15.1. The van der Waals surface area contributed by atoms with Crippen molar-refractivity contribution in [1.29, 1.82) is 0 Å². The molecule has 1 aromatic carbocycles. The predicted octanol–water partition coefficient (Wildman–Crippen LogP) is 3.53. The largest absolute Gasteiger partial charge is 0.493 e. The van der Waals surface area contributed by atoms with Gasteiger partial charge in [-0.05, 0) is 43.5 Å². The summed E-state index contributed by atoms with van der Waals surface area (Å²) in [7, 11) is 1.56. The first kappa shape index (κ1) is 15.2. The summed E-state index contributed by atoms with van der Waals surface area (Å²) in [5.41, 5.74) is 1.70. The van der Waals surface area contributed by atoms with Gasteiger partial charge in [0.05, 0.1) is 19.3 Å². The van der Waals surface area contributed by atoms with Crippen LogP contribution in [-0.4, -0.2) is 26.3 Å². The summed E-state index contributed by atoms with van der Waals surface area (Å²) < 4.78 is 16.0. The minimum absolute atomic E-state index is 0.348. The summed E-state index contributed by atoms with van der Waals surface area (Å²) in [5, 5.41) is 0. The lowest BCUT2D eigenvalue weighted by Crippen LogP contribution is -2.07. The maximum Gasteiger partial charge on any atom is 0.338 e. The van der Waals surface area contributed by atoms with E-state index in [4.69, 9.17) is 14.2 Å². The van der Waals surface area contributed by atoms with Crippen molar-refractivity contribution < 1.29 is 19.0 Å². The van der Waals surface area contributed by atoms with Crippen LogP contribution in [0.2, 0.25) is 0 Å². The molecule has 4 heteroatoms. The third kappa shape index (κ3) is 4.12. The molecule has 0 heterocycles. The first-order valence-corrected chi connectivity index (χ1v) is 7.07. The molecule has 0 saturated heterocycles. The highest BCUT2D eigenvalue weighted by Gasteiger charge is 2.12. The minimum Gasteiger partial charge on any atom is -0.493 e. The molecule has 0 spiro atoms. The molecule has 0 radical (unpaired) electrons. The first-order chi connectivity index (χ1) is 10.2. The Morgan fingerprint density at radius 2 is 2.14 bits per heavy atom. The van der Waals surface area contributed by atoms with Crippen LogP contribution in [-0.2, 0) is 4.74 Å². The molecule has 0 amide bonds. The molecule has 0 unspecified atom stereocenters. The number of esters is 1. The predicted molar refractivity (Wildman–Crippen MR) is 80.9 cm³/mol. The van der Waals surface area contributed by atoms with E-state index in [2.05, 4.69) is 12.2 Å². The summed E-state index contributed by atoms with van der Waals surface area (Å²) >= 11 is 0. The molecule has 1 aliphatic carbocycles. The number of hydrogen-bond donors (Lipinski definition) is 0. The van der Waals surface area contributed by atoms with E-state index in [1.165, 1.54) is 5.57 Å². The lowest BCUT2D eigenvalue weighted by molar-refractivity contribution is 0.0526. The van der Waals surface area contributed by atoms with Gasteiger partial charge in [-0.15, -0.1) is 0 Å². The molecule has 0 aromatic heterocycles. The van der Waals surface area contributed by atoms with Crippen molar-refractivity contribution in [1.82, 2.24) is 0 Å². The number of allylic oxidation sites excluding steroid dienone is 3. The lowest BCUT2D eigenvalue weighted by Gasteiger charge is -2.14. The van der Waals surface area contributed by atoms with Crippen molar-refractivity contribution in [3.8, 4) is 11.5 Å². The second kappa shape index (κ2) is 7.53. The van der Waals surface area contributed by atoms with Crippen LogP contribution in [0.4, 0.5) is 0 Å². The fourth-order valence-electron chi connectivity index (χ4n) is 2.07. The maximum atomic E-state index is 11.7. The van der Waals surface area contributed by atoms with Crippen LogP contribution in [0.15, 0.2) is 42.0 Å². The summed E-state index contributed by atoms with van der Waals surface area (Å²) in [6, 6.07) is 5.07. The second-order valence-electron chi connectivity index (χ2n) is 4.67. The molecule has 0 aliphatic heterocycles. The Morgan fingerprint density at radius 3 is 2.81 bits per heavy atom. The minimum atomic E-state index is -0.359. The number of carbonyl (C=O) groups excluding carboxylic acids is 1. The Bertz CT molecular complexity index is 558. The van der Waals surface area contributed by atoms with Crippen molar-refractivity contribution in [2.45, 2.75) is 19.8 Å². The quantitative estimate of drug-likeness (QED) is 0.751. The fourth-order valence-corrected chi connectivity index (χ4v) is 2.07. The number of rotatable bonds is 6. The Morgan fingerprint density at radius 1 is 1.29 bits per heavy atom. The Hall–Kier alpha value is -2.23. The molecule has 0 bridgehead atoms. The van der Waals surface area contributed by atoms with Gasteiger partial charge >= 0.3 is 5.97 Å². The van der Waals surface area contributed by atoms with E-state index >= 15 is 0 Å². The Labute approximate surface area is 125 Å². The van der Waals surface area contributed by atoms with Crippen LogP contribution < -0.4 is 9.47 Å². The van der Waals surface area contributed by atoms with Crippen LogP contribution in [0.5, 0.6) is 11.5 Å². The van der Waals surface area contributed by atoms with Gasteiger partial charge in [-0.25, -0.2) is 4.79 Å². The van der Waals surface area contributed by atoms with E-state index in [9.17, 15) is 4.79 Å². The molecule has 21 heavy (non-hydrogen) atoms. The summed E-state index contributed by atoms with van der Waals surface area (Å²) in [5.74, 6) is 0.802. The van der Waals surface area contributed by atoms with Crippen LogP contribution in [0.25, 0.3) is 0 Å². The van der Waals surface area contributed by atoms with Gasteiger partial charge in [0.15, 0.2) is 11.5 Å². The van der Waals surface area contributed by atoms with E-state index in [0.29, 0.717) is 30.3 Å². The standard InChI is InChI=1S/C17H20O4/c1-3-20-17(18)14-9-10-15(16(11-14)19-2)21-12-13-7-5-4-6-8-13/h4-5,7,9-11H,3,6,8,12H2,1-2H3. The molecule has 0 saturated carbocycles. The van der Waals surface area contributed by atoms with Crippen molar-refractivity contribution in [2.75, 3.05) is 20.3 Å². The van der Waals surface area contributed by atoms with Gasteiger partial charge in [-0.1, -0.05) is 18.2 Å². The van der Waals surface area contributed by atoms with Gasteiger partial charge < -0.3 is 14.2 Å². The summed E-state index contributed by atoms with van der Waals surface area (Å²) in [6.45, 7) is 2.65. The number of carbonyl (C=O) groups is 1. The van der Waals surface area contributed by atoms with Crippen molar-refractivity contribution in [3.05, 3.63) is 47.6 Å². The molecular formula is C17H20O4. The topological polar surface area (TPSA) is 44.8 Å². The molecule has 2 rings (SSSR count). The van der Waals surface area contributed by atoms with Crippen molar-refractivity contribution in [2.24, 2.45) is 0 Å². The molecule has 1 aromatic rings. The fraction of sp³-hybridized carbons (Fsp3) is 0.353. The first-order valence-electron chi connectivity index (χ1n) is 7.07. The number of ether oxygens (including phenoxy) is 3. The van der Waals surface area contributed by atoms with Gasteiger partial charge in [0.2, 0.25) is 0 Å². The molecule has 0 fully saturated rings. The third-order valence-electron chi connectivity index (χ3n) is 3.19. The van der Waals surface area contributed by atoms with Crippen molar-refractivity contribution >= 4 is 5.97 Å². The molecule has 0 atom stereocenters. The summed E-state index contributed by atoms with van der Waals surface area (Å²) in [4.78, 5) is 11.7. The van der Waals surface area contributed by atoms with Gasteiger partial charge in [0.1, 0.15) is 6.61 Å². The van der Waals surface area contributed by atoms with Gasteiger partial charge in [-0.2, -0.15) is 0 Å². The normalized spacial score (nSPS) is 13.5. The highest BCUT2D eigenvalue weighted by molar-refractivity contribution is 5.90. The smallest absolute Gasteiger partial charge is 0.338 e. The average Bonchev–Trinajstić information content (AvgIpc) is 2.54. The van der Waals surface area contributed by atoms with E-state index in [-0.39, 0.29) is 5.97 Å². The summed E-state index contributed by atoms with van der Waals surface area (Å²) in [6.07, 6.45) is 8.32. The molecular weight excluding hydrogens is 268 g/mol. The second-order valence-corrected chi connectivity index (χ2v) is 4.67. The lowest BCUT2D eigenvalue weighted by atomic mass is 10.1. The van der Waals surface area contributed by atoms with Crippen LogP contribution in [0.3, 0.4) is 0 Å². The zero-order valence-corrected chi connectivity index (χ0v) is 12.4. The van der Waals surface area contributed by atoms with Crippen LogP contribution >= 0.6 is 0 Å². The Kier molecular flexibility index (Phi) is 5.43. The Balaban J connectivity index is 2.07. The van der Waals surface area contributed by atoms with Crippen LogP contribution in [0.1, 0.15) is 30.1 Å². The monoisotopic (exact) mass is 288 g/mol. The van der Waals surface area contributed by atoms with E-state index in [0.717, 1.165) is 12.8 Å². The SMILES string of the molecule is CCOC(=O)c1ccc(OCC2=CC=CCC2)c(OC)c1. The van der Waals surface area contributed by atoms with E-state index in [1.807, 2.05) is 6.08 Å². The maximum absolute atomic E-state index is 11.7. The van der Waals surface area contributed by atoms with Crippen LogP contribution in [0, 0.1) is 0 Å². The molecule has 112 valence electrons. The molecule has 0 N–H and O–H groups in total. The molecule has 1 aliphatic rings. The third-order valence-corrected chi connectivity index (χ3v) is 3.19. The highest BCUT2D eigenvalue weighted by atomic mass is 16.5. The highest BCUT2D eigenvalue weighted by Crippen LogP contribution is 2.29. The number of hydrogen-bond acceptors (Lipinski definition) is 4. The average molecular weight is 288 g/mol. The van der Waals surface area contributed by atoms with E-state index in [1.54, 1.807) is 32.2 Å². The number of benzene rings is 1. The van der Waals surface area contributed by atoms with Gasteiger partial charge in [0, 0.05) is 0 Å². The number of methoxy groups -OCH3 is 1. The molecule has 4 nitrogen and oxygen atoms in total. The van der Waals surface area contributed by atoms with Gasteiger partial charge in [0.25, 0.3) is 0 Å². The van der Waals surface area contributed by atoms with Gasteiger partial charge in [-0.3, -0.25) is 0 Å². The van der Waals surface area contributed by atoms with Crippen molar-refractivity contribution in [3.63, 3.8) is 0 Å². The van der Waals surface area contributed by atoms with E-state index < -0.39 is 0 Å². The zero-order valence-electron chi connectivity index (χ0n) is 12.4.